The predicted molar refractivity (Wildman–Crippen MR) is 149 cm³/mol. The SMILES string of the molecule is CC(C)C[C@H](NC(=O)[C@H](CC(C)I)NC(=O)OCc1ccccc1)C(=O)N[C@H](C=O)CC(C)I. The molecule has 0 aliphatic heterocycles. The summed E-state index contributed by atoms with van der Waals surface area (Å²) in [4.78, 5) is 49.7. The molecule has 34 heavy (non-hydrogen) atoms. The molecule has 10 heteroatoms. The van der Waals surface area contributed by atoms with Gasteiger partial charge >= 0.3 is 6.09 Å². The van der Waals surface area contributed by atoms with E-state index in [1.54, 1.807) is 0 Å². The standard InChI is InChI=1S/C24H35I2N3O5/c1-15(2)10-20(22(31)27-19(13-30)11-16(3)25)28-23(32)21(12-17(4)26)29-24(33)34-14-18-8-6-5-7-9-18/h5-9,13,15-17,19-21H,10-12,14H2,1-4H3,(H,27,31)(H,28,32)(H,29,33)/t16?,17?,19-,20-,21-/m0/s1. The highest BCUT2D eigenvalue weighted by molar-refractivity contribution is 14.1. The molecule has 3 N–H and O–H groups in total. The maximum absolute atomic E-state index is 13.1. The summed E-state index contributed by atoms with van der Waals surface area (Å²) in [5, 5.41) is 8.13. The number of aldehydes is 1. The van der Waals surface area contributed by atoms with E-state index >= 15 is 0 Å². The highest BCUT2D eigenvalue weighted by Crippen LogP contribution is 2.12. The van der Waals surface area contributed by atoms with Crippen molar-refractivity contribution in [3.8, 4) is 0 Å². The molecule has 8 nitrogen and oxygen atoms in total. The van der Waals surface area contributed by atoms with Crippen LogP contribution in [-0.4, -0.2) is 50.2 Å². The lowest BCUT2D eigenvalue weighted by Crippen LogP contribution is -2.55. The molecule has 0 aliphatic carbocycles. The van der Waals surface area contributed by atoms with E-state index in [-0.39, 0.29) is 20.4 Å². The Bertz CT molecular complexity index is 790. The quantitative estimate of drug-likeness (QED) is 0.155. The van der Waals surface area contributed by atoms with Crippen LogP contribution < -0.4 is 16.0 Å². The van der Waals surface area contributed by atoms with E-state index in [9.17, 15) is 19.2 Å². The fourth-order valence-corrected chi connectivity index (χ4v) is 4.28. The highest BCUT2D eigenvalue weighted by Gasteiger charge is 2.29. The summed E-state index contributed by atoms with van der Waals surface area (Å²) >= 11 is 4.37. The molecule has 190 valence electrons. The van der Waals surface area contributed by atoms with Crippen LogP contribution in [0.2, 0.25) is 0 Å². The zero-order valence-electron chi connectivity index (χ0n) is 20.1. The second-order valence-electron chi connectivity index (χ2n) is 8.73. The molecule has 0 saturated heterocycles. The maximum atomic E-state index is 13.1. The average Bonchev–Trinajstić information content (AvgIpc) is 2.76. The van der Waals surface area contributed by atoms with Crippen LogP contribution in [0.3, 0.4) is 0 Å². The van der Waals surface area contributed by atoms with Gasteiger partial charge in [0.1, 0.15) is 25.0 Å². The number of alkyl carbamates (subject to hydrolysis) is 1. The first-order valence-electron chi connectivity index (χ1n) is 11.3. The Balaban J connectivity index is 2.84. The topological polar surface area (TPSA) is 114 Å². The van der Waals surface area contributed by atoms with Crippen LogP contribution in [0.25, 0.3) is 0 Å². The molecule has 0 saturated carbocycles. The normalized spacial score (nSPS) is 15.4. The smallest absolute Gasteiger partial charge is 0.408 e. The minimum Gasteiger partial charge on any atom is -0.445 e. The van der Waals surface area contributed by atoms with Gasteiger partial charge in [-0.3, -0.25) is 9.59 Å². The van der Waals surface area contributed by atoms with Crippen LogP contribution in [0.4, 0.5) is 4.79 Å². The minimum absolute atomic E-state index is 0.0848. The average molecular weight is 699 g/mol. The van der Waals surface area contributed by atoms with Crippen molar-refractivity contribution in [1.82, 2.24) is 16.0 Å². The number of hydrogen-bond donors (Lipinski definition) is 3. The number of carbonyl (C=O) groups excluding carboxylic acids is 4. The van der Waals surface area contributed by atoms with Crippen molar-refractivity contribution in [2.24, 2.45) is 5.92 Å². The first-order valence-corrected chi connectivity index (χ1v) is 13.8. The first kappa shape index (κ1) is 30.6. The van der Waals surface area contributed by atoms with E-state index in [1.807, 2.05) is 58.0 Å². The molecular weight excluding hydrogens is 664 g/mol. The molecule has 0 bridgehead atoms. The fourth-order valence-electron chi connectivity index (χ4n) is 3.22. The lowest BCUT2D eigenvalue weighted by molar-refractivity contribution is -0.131. The van der Waals surface area contributed by atoms with E-state index in [1.165, 1.54) is 0 Å². The molecule has 0 heterocycles. The van der Waals surface area contributed by atoms with E-state index < -0.39 is 36.0 Å². The Kier molecular flexibility index (Phi) is 14.6. The summed E-state index contributed by atoms with van der Waals surface area (Å²) in [5.74, 6) is -0.755. The summed E-state index contributed by atoms with van der Waals surface area (Å²) in [5.41, 5.74) is 0.833. The van der Waals surface area contributed by atoms with Crippen LogP contribution in [0.5, 0.6) is 0 Å². The lowest BCUT2D eigenvalue weighted by Gasteiger charge is -2.26. The number of amides is 3. The van der Waals surface area contributed by atoms with Gasteiger partial charge in [-0.1, -0.05) is 103 Å². The van der Waals surface area contributed by atoms with Gasteiger partial charge in [0, 0.05) is 7.85 Å². The zero-order valence-corrected chi connectivity index (χ0v) is 24.4. The van der Waals surface area contributed by atoms with Crippen molar-refractivity contribution in [2.75, 3.05) is 0 Å². The van der Waals surface area contributed by atoms with Crippen molar-refractivity contribution < 1.29 is 23.9 Å². The number of halogens is 2. The number of benzene rings is 1. The summed E-state index contributed by atoms with van der Waals surface area (Å²) in [6.07, 6.45) is 1.27. The third-order valence-corrected chi connectivity index (χ3v) is 5.81. The van der Waals surface area contributed by atoms with Crippen LogP contribution in [0.1, 0.15) is 52.5 Å². The van der Waals surface area contributed by atoms with Crippen molar-refractivity contribution in [1.29, 1.82) is 0 Å². The lowest BCUT2D eigenvalue weighted by atomic mass is 10.0. The van der Waals surface area contributed by atoms with Crippen LogP contribution in [0.15, 0.2) is 30.3 Å². The van der Waals surface area contributed by atoms with Gasteiger partial charge in [0.05, 0.1) is 6.04 Å². The van der Waals surface area contributed by atoms with Gasteiger partial charge in [-0.25, -0.2) is 4.79 Å². The zero-order chi connectivity index (χ0) is 25.7. The Labute approximate surface area is 229 Å². The Morgan fingerprint density at radius 3 is 1.94 bits per heavy atom. The van der Waals surface area contributed by atoms with Gasteiger partial charge in [-0.2, -0.15) is 0 Å². The van der Waals surface area contributed by atoms with Crippen LogP contribution in [0, 0.1) is 5.92 Å². The molecule has 1 aromatic rings. The second kappa shape index (κ2) is 16.3. The summed E-state index contributed by atoms with van der Waals surface area (Å²) < 4.78 is 5.55. The molecule has 0 aromatic heterocycles. The predicted octanol–water partition coefficient (Wildman–Crippen LogP) is 3.92. The Morgan fingerprint density at radius 2 is 1.41 bits per heavy atom. The van der Waals surface area contributed by atoms with Gasteiger partial charge in [-0.15, -0.1) is 0 Å². The fraction of sp³-hybridized carbons (Fsp3) is 0.583. The van der Waals surface area contributed by atoms with Gasteiger partial charge in [0.2, 0.25) is 11.8 Å². The van der Waals surface area contributed by atoms with Gasteiger partial charge in [0.15, 0.2) is 0 Å². The number of nitrogens with one attached hydrogen (secondary N) is 3. The van der Waals surface area contributed by atoms with E-state index in [2.05, 4.69) is 61.1 Å². The molecule has 0 aliphatic rings. The monoisotopic (exact) mass is 699 g/mol. The van der Waals surface area contributed by atoms with Gasteiger partial charge in [0.25, 0.3) is 0 Å². The summed E-state index contributed by atoms with van der Waals surface area (Å²) in [6.45, 7) is 7.85. The molecule has 5 atom stereocenters. The number of rotatable bonds is 14. The number of alkyl halides is 2. The highest BCUT2D eigenvalue weighted by atomic mass is 127. The van der Waals surface area contributed by atoms with Crippen molar-refractivity contribution in [3.05, 3.63) is 35.9 Å². The van der Waals surface area contributed by atoms with Gasteiger partial charge in [-0.05, 0) is 30.7 Å². The molecular formula is C24H35I2N3O5. The molecule has 0 radical (unpaired) electrons. The molecule has 0 spiro atoms. The largest absolute Gasteiger partial charge is 0.445 e. The van der Waals surface area contributed by atoms with Crippen LogP contribution in [-0.2, 0) is 25.7 Å². The van der Waals surface area contributed by atoms with Crippen molar-refractivity contribution in [2.45, 2.75) is 79.5 Å². The number of hydrogen-bond acceptors (Lipinski definition) is 5. The molecule has 1 rings (SSSR count). The molecule has 2 unspecified atom stereocenters. The number of ether oxygens (including phenoxy) is 1. The molecule has 3 amide bonds. The molecule has 0 fully saturated rings. The van der Waals surface area contributed by atoms with E-state index in [4.69, 9.17) is 4.74 Å². The second-order valence-corrected chi connectivity index (χ2v) is 13.0. The molecule has 1 aromatic carbocycles. The Morgan fingerprint density at radius 1 is 0.853 bits per heavy atom. The first-order chi connectivity index (χ1) is 16.0. The van der Waals surface area contributed by atoms with Crippen molar-refractivity contribution in [3.63, 3.8) is 0 Å². The van der Waals surface area contributed by atoms with Crippen LogP contribution >= 0.6 is 45.2 Å². The third-order valence-electron chi connectivity index (χ3n) is 4.79. The van der Waals surface area contributed by atoms with Gasteiger partial charge < -0.3 is 25.5 Å². The summed E-state index contributed by atoms with van der Waals surface area (Å²) in [7, 11) is 0. The van der Waals surface area contributed by atoms with E-state index in [0.717, 1.165) is 5.56 Å². The number of carbonyl (C=O) groups is 4. The third kappa shape index (κ3) is 12.9. The maximum Gasteiger partial charge on any atom is 0.408 e. The van der Waals surface area contributed by atoms with Crippen molar-refractivity contribution >= 4 is 69.4 Å². The Hall–Kier alpha value is -1.44. The summed E-state index contributed by atoms with van der Waals surface area (Å²) in [6, 6.07) is 6.93. The van der Waals surface area contributed by atoms with E-state index in [0.29, 0.717) is 25.5 Å². The minimum atomic E-state index is -0.867.